The fourth-order valence-corrected chi connectivity index (χ4v) is 2.97. The molecular weight excluding hydrogens is 434 g/mol. The van der Waals surface area contributed by atoms with E-state index >= 15 is 0 Å². The highest BCUT2D eigenvalue weighted by Crippen LogP contribution is 2.30. The van der Waals surface area contributed by atoms with Gasteiger partial charge in [0.05, 0.1) is 25.5 Å². The monoisotopic (exact) mass is 453 g/mol. The number of amides is 5. The maximum atomic E-state index is 13.0. The second-order valence-corrected chi connectivity index (χ2v) is 6.66. The largest absolute Gasteiger partial charge is 0.493 e. The van der Waals surface area contributed by atoms with Gasteiger partial charge in [-0.05, 0) is 48.0 Å². The number of esters is 1. The number of urea groups is 1. The van der Waals surface area contributed by atoms with E-state index in [0.717, 1.165) is 4.90 Å². The van der Waals surface area contributed by atoms with Crippen LogP contribution in [-0.2, 0) is 19.1 Å². The Balaban J connectivity index is 1.92. The van der Waals surface area contributed by atoms with Gasteiger partial charge in [0, 0.05) is 0 Å². The second-order valence-electron chi connectivity index (χ2n) is 6.66. The summed E-state index contributed by atoms with van der Waals surface area (Å²) in [5, 5.41) is 2.11. The molecule has 11 heteroatoms. The summed E-state index contributed by atoms with van der Waals surface area (Å²) in [6.07, 6.45) is 1.28. The molecule has 170 valence electrons. The molecular formula is C22H19N3O8. The molecule has 0 aromatic heterocycles. The van der Waals surface area contributed by atoms with E-state index in [1.54, 1.807) is 0 Å². The lowest BCUT2D eigenvalue weighted by atomic mass is 10.1. The molecule has 11 nitrogen and oxygen atoms in total. The van der Waals surface area contributed by atoms with Crippen LogP contribution in [0.25, 0.3) is 6.08 Å². The molecule has 1 aliphatic rings. The predicted octanol–water partition coefficient (Wildman–Crippen LogP) is 1.01. The Bertz CT molecular complexity index is 1170. The summed E-state index contributed by atoms with van der Waals surface area (Å²) >= 11 is 0. The molecule has 33 heavy (non-hydrogen) atoms. The number of ether oxygens (including phenoxy) is 3. The highest BCUT2D eigenvalue weighted by molar-refractivity contribution is 6.39. The minimum absolute atomic E-state index is 0.149. The number of methoxy groups -OCH3 is 2. The van der Waals surface area contributed by atoms with Crippen molar-refractivity contribution in [1.29, 1.82) is 0 Å². The predicted molar refractivity (Wildman–Crippen MR) is 114 cm³/mol. The van der Waals surface area contributed by atoms with Crippen molar-refractivity contribution in [2.75, 3.05) is 25.7 Å². The molecule has 1 fully saturated rings. The van der Waals surface area contributed by atoms with E-state index in [0.29, 0.717) is 5.56 Å². The van der Waals surface area contributed by atoms with Crippen LogP contribution < -0.4 is 25.4 Å². The van der Waals surface area contributed by atoms with E-state index in [4.69, 9.17) is 15.2 Å². The zero-order valence-corrected chi connectivity index (χ0v) is 17.6. The first-order valence-corrected chi connectivity index (χ1v) is 9.44. The van der Waals surface area contributed by atoms with E-state index in [1.807, 2.05) is 0 Å². The van der Waals surface area contributed by atoms with Crippen molar-refractivity contribution in [2.45, 2.75) is 0 Å². The van der Waals surface area contributed by atoms with Crippen LogP contribution in [0.5, 0.6) is 11.5 Å². The topological polar surface area (TPSA) is 154 Å². The molecule has 5 amide bonds. The molecule has 2 aromatic carbocycles. The van der Waals surface area contributed by atoms with Crippen molar-refractivity contribution in [3.8, 4) is 11.5 Å². The molecule has 0 spiro atoms. The molecule has 3 rings (SSSR count). The summed E-state index contributed by atoms with van der Waals surface area (Å²) in [4.78, 5) is 61.0. The molecule has 2 aromatic rings. The second kappa shape index (κ2) is 9.64. The third-order valence-corrected chi connectivity index (χ3v) is 4.52. The Morgan fingerprint density at radius 2 is 1.73 bits per heavy atom. The van der Waals surface area contributed by atoms with Gasteiger partial charge in [-0.2, -0.15) is 0 Å². The normalized spacial score (nSPS) is 14.7. The maximum Gasteiger partial charge on any atom is 0.337 e. The highest BCUT2D eigenvalue weighted by atomic mass is 16.5. The smallest absolute Gasteiger partial charge is 0.337 e. The van der Waals surface area contributed by atoms with Gasteiger partial charge >= 0.3 is 12.0 Å². The lowest BCUT2D eigenvalue weighted by Crippen LogP contribution is -2.54. The van der Waals surface area contributed by atoms with Gasteiger partial charge in [0.15, 0.2) is 18.1 Å². The van der Waals surface area contributed by atoms with Gasteiger partial charge in [0.1, 0.15) is 5.57 Å². The van der Waals surface area contributed by atoms with Crippen LogP contribution in [0.3, 0.4) is 0 Å². The SMILES string of the molecule is COC(=O)c1ccc(N2C(=O)NC(=O)/C(=C\c3ccc(OCC(N)=O)c(OC)c3)C2=O)cc1. The molecule has 1 saturated heterocycles. The summed E-state index contributed by atoms with van der Waals surface area (Å²) in [6.45, 7) is -0.358. The van der Waals surface area contributed by atoms with Crippen LogP contribution in [0.1, 0.15) is 15.9 Å². The molecule has 0 saturated carbocycles. The number of nitrogens with one attached hydrogen (secondary N) is 1. The number of benzene rings is 2. The van der Waals surface area contributed by atoms with E-state index in [2.05, 4.69) is 10.1 Å². The van der Waals surface area contributed by atoms with E-state index in [9.17, 15) is 24.0 Å². The van der Waals surface area contributed by atoms with Gasteiger partial charge < -0.3 is 19.9 Å². The Morgan fingerprint density at radius 3 is 2.33 bits per heavy atom. The third kappa shape index (κ3) is 4.98. The summed E-state index contributed by atoms with van der Waals surface area (Å²) in [5.74, 6) is -2.51. The molecule has 1 aliphatic heterocycles. The number of nitrogens with zero attached hydrogens (tertiary/aromatic N) is 1. The van der Waals surface area contributed by atoms with Crippen LogP contribution in [-0.4, -0.2) is 50.5 Å². The molecule has 0 aliphatic carbocycles. The van der Waals surface area contributed by atoms with Crippen LogP contribution in [0.4, 0.5) is 10.5 Å². The van der Waals surface area contributed by atoms with Gasteiger partial charge in [0.2, 0.25) is 0 Å². The lowest BCUT2D eigenvalue weighted by Gasteiger charge is -2.26. The number of carbonyl (C=O) groups excluding carboxylic acids is 5. The summed E-state index contributed by atoms with van der Waals surface area (Å²) in [6, 6.07) is 9.09. The molecule has 0 unspecified atom stereocenters. The number of rotatable bonds is 7. The first kappa shape index (κ1) is 23.0. The fraction of sp³-hybridized carbons (Fsp3) is 0.136. The number of carbonyl (C=O) groups is 5. The Hall–Kier alpha value is -4.67. The molecule has 3 N–H and O–H groups in total. The first-order valence-electron chi connectivity index (χ1n) is 9.44. The number of imide groups is 2. The number of hydrogen-bond acceptors (Lipinski definition) is 8. The molecule has 1 heterocycles. The highest BCUT2D eigenvalue weighted by Gasteiger charge is 2.36. The van der Waals surface area contributed by atoms with Gasteiger partial charge in [0.25, 0.3) is 17.7 Å². The first-order chi connectivity index (χ1) is 15.7. The van der Waals surface area contributed by atoms with Gasteiger partial charge in [-0.3, -0.25) is 19.7 Å². The average Bonchev–Trinajstić information content (AvgIpc) is 2.80. The zero-order chi connectivity index (χ0) is 24.1. The number of hydrogen-bond donors (Lipinski definition) is 2. The van der Waals surface area contributed by atoms with E-state index < -0.39 is 29.7 Å². The third-order valence-electron chi connectivity index (χ3n) is 4.52. The lowest BCUT2D eigenvalue weighted by molar-refractivity contribution is -0.123. The summed E-state index contributed by atoms with van der Waals surface area (Å²) in [5.41, 5.74) is 5.53. The summed E-state index contributed by atoms with van der Waals surface area (Å²) in [7, 11) is 2.60. The number of nitrogens with two attached hydrogens (primary N) is 1. The molecule has 0 bridgehead atoms. The molecule has 0 radical (unpaired) electrons. The van der Waals surface area contributed by atoms with Gasteiger partial charge in [-0.1, -0.05) is 6.07 Å². The maximum absolute atomic E-state index is 13.0. The van der Waals surface area contributed by atoms with Crippen LogP contribution in [0, 0.1) is 0 Å². The van der Waals surface area contributed by atoms with Gasteiger partial charge in [-0.25, -0.2) is 14.5 Å². The van der Waals surface area contributed by atoms with Crippen LogP contribution in [0.15, 0.2) is 48.0 Å². The van der Waals surface area contributed by atoms with E-state index in [-0.39, 0.29) is 34.9 Å². The Kier molecular flexibility index (Phi) is 6.72. The van der Waals surface area contributed by atoms with Crippen molar-refractivity contribution in [1.82, 2.24) is 5.32 Å². The van der Waals surface area contributed by atoms with Crippen molar-refractivity contribution in [2.24, 2.45) is 5.73 Å². The summed E-state index contributed by atoms with van der Waals surface area (Å²) < 4.78 is 15.1. The van der Waals surface area contributed by atoms with Crippen LogP contribution in [0.2, 0.25) is 0 Å². The quantitative estimate of drug-likeness (QED) is 0.358. The van der Waals surface area contributed by atoms with Crippen molar-refractivity contribution in [3.05, 3.63) is 59.2 Å². The van der Waals surface area contributed by atoms with Crippen molar-refractivity contribution in [3.63, 3.8) is 0 Å². The van der Waals surface area contributed by atoms with Crippen LogP contribution >= 0.6 is 0 Å². The minimum atomic E-state index is -0.930. The number of anilines is 1. The van der Waals surface area contributed by atoms with E-state index in [1.165, 1.54) is 62.8 Å². The van der Waals surface area contributed by atoms with Gasteiger partial charge in [-0.15, -0.1) is 0 Å². The molecule has 0 atom stereocenters. The van der Waals surface area contributed by atoms with Crippen molar-refractivity contribution < 1.29 is 38.2 Å². The van der Waals surface area contributed by atoms with Crippen molar-refractivity contribution >= 4 is 41.5 Å². The number of primary amides is 1. The number of barbiturate groups is 1. The average molecular weight is 453 g/mol. The standard InChI is InChI=1S/C22H19N3O8/c1-31-17-10-12(3-8-16(17)33-11-18(23)26)9-15-19(27)24-22(30)25(20(15)28)14-6-4-13(5-7-14)21(29)32-2/h3-10H,11H2,1-2H3,(H2,23,26)(H,24,27,30)/b15-9+. The minimum Gasteiger partial charge on any atom is -0.493 e. The zero-order valence-electron chi connectivity index (χ0n) is 17.6. The fourth-order valence-electron chi connectivity index (χ4n) is 2.97. The Labute approximate surface area is 187 Å². The Morgan fingerprint density at radius 1 is 1.03 bits per heavy atom.